The number of morpholine rings is 1. The summed E-state index contributed by atoms with van der Waals surface area (Å²) in [5, 5.41) is 10.1. The Morgan fingerprint density at radius 2 is 2.19 bits per heavy atom. The number of aromatic carboxylic acids is 1. The summed E-state index contributed by atoms with van der Waals surface area (Å²) in [5.41, 5.74) is 0.706. The van der Waals surface area contributed by atoms with E-state index in [1.807, 2.05) is 6.92 Å². The molecule has 0 spiro atoms. The Balaban J connectivity index is 1.69. The minimum atomic E-state index is -0.862. The van der Waals surface area contributed by atoms with Gasteiger partial charge in [-0.15, -0.1) is 0 Å². The van der Waals surface area contributed by atoms with Crippen molar-refractivity contribution >= 4 is 22.4 Å². The van der Waals surface area contributed by atoms with Crippen LogP contribution < -0.4 is 4.90 Å². The summed E-state index contributed by atoms with van der Waals surface area (Å²) in [7, 11) is 0. The van der Waals surface area contributed by atoms with Crippen molar-refractivity contribution in [2.45, 2.75) is 25.8 Å². The van der Waals surface area contributed by atoms with Crippen LogP contribution in [-0.2, 0) is 11.2 Å². The number of rotatable bonds is 4. The first-order valence-electron chi connectivity index (χ1n) is 7.48. The van der Waals surface area contributed by atoms with Gasteiger partial charge in [0.05, 0.1) is 18.9 Å². The van der Waals surface area contributed by atoms with Gasteiger partial charge in [-0.05, 0) is 12.8 Å². The Morgan fingerprint density at radius 1 is 1.43 bits per heavy atom. The van der Waals surface area contributed by atoms with E-state index in [1.54, 1.807) is 0 Å². The second-order valence-corrected chi connectivity index (χ2v) is 6.45. The zero-order valence-corrected chi connectivity index (χ0v) is 13.1. The van der Waals surface area contributed by atoms with E-state index in [9.17, 15) is 9.90 Å². The fourth-order valence-electron chi connectivity index (χ4n) is 3.04. The molecular formula is C14H21N3O3S. The number of carboxylic acids is 1. The summed E-state index contributed by atoms with van der Waals surface area (Å²) < 4.78 is 5.40. The first kappa shape index (κ1) is 14.7. The highest BCUT2D eigenvalue weighted by atomic mass is 32.1. The first-order valence-corrected chi connectivity index (χ1v) is 8.30. The van der Waals surface area contributed by atoms with Gasteiger partial charge in [0.15, 0.2) is 5.13 Å². The molecule has 1 aromatic rings. The lowest BCUT2D eigenvalue weighted by atomic mass is 10.2. The molecule has 0 bridgehead atoms. The predicted molar refractivity (Wildman–Crippen MR) is 81.5 cm³/mol. The van der Waals surface area contributed by atoms with Gasteiger partial charge in [0, 0.05) is 32.2 Å². The van der Waals surface area contributed by atoms with E-state index in [-0.39, 0.29) is 0 Å². The lowest BCUT2D eigenvalue weighted by Gasteiger charge is -2.32. The van der Waals surface area contributed by atoms with E-state index in [0.717, 1.165) is 50.9 Å². The highest BCUT2D eigenvalue weighted by Crippen LogP contribution is 2.30. The maximum atomic E-state index is 11.3. The molecule has 3 heterocycles. The monoisotopic (exact) mass is 311 g/mol. The number of carbonyl (C=O) groups is 1. The van der Waals surface area contributed by atoms with Crippen LogP contribution in [0.1, 0.15) is 28.7 Å². The quantitative estimate of drug-likeness (QED) is 0.904. The van der Waals surface area contributed by atoms with Gasteiger partial charge in [0.25, 0.3) is 0 Å². The topological polar surface area (TPSA) is 65.9 Å². The Bertz CT molecular complexity index is 514. The molecule has 0 aliphatic carbocycles. The summed E-state index contributed by atoms with van der Waals surface area (Å²) in [6.45, 7) is 7.47. The fraction of sp³-hybridized carbons (Fsp3) is 0.714. The second kappa shape index (κ2) is 6.29. The summed E-state index contributed by atoms with van der Waals surface area (Å²) in [6, 6.07) is 0.538. The molecule has 2 aliphatic heterocycles. The van der Waals surface area contributed by atoms with Crippen LogP contribution in [0, 0.1) is 0 Å². The van der Waals surface area contributed by atoms with Crippen molar-refractivity contribution in [3.63, 3.8) is 0 Å². The van der Waals surface area contributed by atoms with Crippen LogP contribution in [0.4, 0.5) is 5.13 Å². The number of nitrogens with zero attached hydrogens (tertiary/aromatic N) is 3. The van der Waals surface area contributed by atoms with Crippen molar-refractivity contribution in [3.05, 3.63) is 10.6 Å². The van der Waals surface area contributed by atoms with Crippen molar-refractivity contribution < 1.29 is 14.6 Å². The van der Waals surface area contributed by atoms with Crippen molar-refractivity contribution in [3.8, 4) is 0 Å². The summed E-state index contributed by atoms with van der Waals surface area (Å²) in [5.74, 6) is -0.862. The lowest BCUT2D eigenvalue weighted by molar-refractivity contribution is 0.0209. The van der Waals surface area contributed by atoms with Gasteiger partial charge < -0.3 is 14.7 Å². The van der Waals surface area contributed by atoms with Gasteiger partial charge in [-0.2, -0.15) is 0 Å². The van der Waals surface area contributed by atoms with Gasteiger partial charge in [-0.3, -0.25) is 4.90 Å². The predicted octanol–water partition coefficient (Wildman–Crippen LogP) is 1.31. The van der Waals surface area contributed by atoms with Crippen molar-refractivity contribution in [1.29, 1.82) is 0 Å². The molecule has 7 heteroatoms. The Morgan fingerprint density at radius 3 is 2.81 bits per heavy atom. The minimum absolute atomic E-state index is 0.391. The number of hydrogen-bond donors (Lipinski definition) is 1. The van der Waals surface area contributed by atoms with Crippen LogP contribution in [-0.4, -0.2) is 66.4 Å². The molecule has 3 rings (SSSR count). The molecule has 1 N–H and O–H groups in total. The van der Waals surface area contributed by atoms with Crippen LogP contribution in [0.3, 0.4) is 0 Å². The molecule has 2 aliphatic rings. The lowest BCUT2D eigenvalue weighted by Crippen LogP contribution is -2.44. The third-order valence-corrected chi connectivity index (χ3v) is 5.36. The average Bonchev–Trinajstić information content (AvgIpc) is 3.14. The molecular weight excluding hydrogens is 290 g/mol. The molecule has 2 fully saturated rings. The van der Waals surface area contributed by atoms with Gasteiger partial charge in [-0.1, -0.05) is 18.3 Å². The van der Waals surface area contributed by atoms with Gasteiger partial charge in [0.2, 0.25) is 0 Å². The molecule has 21 heavy (non-hydrogen) atoms. The Kier molecular flexibility index (Phi) is 4.42. The number of carboxylic acid groups (broad SMARTS) is 1. The van der Waals surface area contributed by atoms with Crippen LogP contribution in [0.15, 0.2) is 0 Å². The molecule has 116 valence electrons. The van der Waals surface area contributed by atoms with E-state index in [2.05, 4.69) is 14.8 Å². The van der Waals surface area contributed by atoms with Gasteiger partial charge in [0.1, 0.15) is 4.88 Å². The number of anilines is 1. The Labute approximate surface area is 128 Å². The maximum absolute atomic E-state index is 11.3. The second-order valence-electron chi connectivity index (χ2n) is 5.47. The zero-order chi connectivity index (χ0) is 14.8. The number of aromatic nitrogens is 1. The SMILES string of the molecule is CCc1nc(N2CCC(N3CCOCC3)C2)sc1C(=O)O. The number of hydrogen-bond acceptors (Lipinski definition) is 6. The minimum Gasteiger partial charge on any atom is -0.477 e. The Hall–Kier alpha value is -1.18. The van der Waals surface area contributed by atoms with E-state index in [1.165, 1.54) is 11.3 Å². The smallest absolute Gasteiger partial charge is 0.347 e. The van der Waals surface area contributed by atoms with E-state index in [4.69, 9.17) is 4.74 Å². The molecule has 0 radical (unpaired) electrons. The number of thiazole rings is 1. The first-order chi connectivity index (χ1) is 10.2. The van der Waals surface area contributed by atoms with Crippen molar-refractivity contribution in [2.75, 3.05) is 44.3 Å². The van der Waals surface area contributed by atoms with Gasteiger partial charge in [-0.25, -0.2) is 9.78 Å². The third-order valence-electron chi connectivity index (χ3n) is 4.21. The molecule has 2 saturated heterocycles. The maximum Gasteiger partial charge on any atom is 0.347 e. The average molecular weight is 311 g/mol. The van der Waals surface area contributed by atoms with Gasteiger partial charge >= 0.3 is 5.97 Å². The molecule has 6 nitrogen and oxygen atoms in total. The molecule has 1 aromatic heterocycles. The van der Waals surface area contributed by atoms with E-state index >= 15 is 0 Å². The summed E-state index contributed by atoms with van der Waals surface area (Å²) >= 11 is 1.31. The highest BCUT2D eigenvalue weighted by molar-refractivity contribution is 7.17. The van der Waals surface area contributed by atoms with Crippen LogP contribution in [0.2, 0.25) is 0 Å². The van der Waals surface area contributed by atoms with Crippen LogP contribution in [0.25, 0.3) is 0 Å². The molecule has 1 atom stereocenters. The van der Waals surface area contributed by atoms with Crippen LogP contribution in [0.5, 0.6) is 0 Å². The molecule has 1 unspecified atom stereocenters. The van der Waals surface area contributed by atoms with Crippen molar-refractivity contribution in [1.82, 2.24) is 9.88 Å². The molecule has 0 saturated carbocycles. The largest absolute Gasteiger partial charge is 0.477 e. The number of ether oxygens (including phenoxy) is 1. The van der Waals surface area contributed by atoms with Crippen molar-refractivity contribution in [2.24, 2.45) is 0 Å². The van der Waals surface area contributed by atoms with E-state index in [0.29, 0.717) is 23.0 Å². The normalized spacial score (nSPS) is 23.7. The summed E-state index contributed by atoms with van der Waals surface area (Å²) in [6.07, 6.45) is 1.78. The highest BCUT2D eigenvalue weighted by Gasteiger charge is 2.31. The standard InChI is InChI=1S/C14H21N3O3S/c1-2-11-12(13(18)19)21-14(15-11)17-4-3-10(9-17)16-5-7-20-8-6-16/h10H,2-9H2,1H3,(H,18,19). The fourth-order valence-corrected chi connectivity index (χ4v) is 4.07. The van der Waals surface area contributed by atoms with Crippen LogP contribution >= 0.6 is 11.3 Å². The van der Waals surface area contributed by atoms with E-state index < -0.39 is 5.97 Å². The summed E-state index contributed by atoms with van der Waals surface area (Å²) in [4.78, 5) is 20.9. The number of aryl methyl sites for hydroxylation is 1. The molecule has 0 amide bonds. The zero-order valence-electron chi connectivity index (χ0n) is 12.2. The molecule has 0 aromatic carbocycles. The third kappa shape index (κ3) is 3.04.